The van der Waals surface area contributed by atoms with E-state index < -0.39 is 10.0 Å². The van der Waals surface area contributed by atoms with Crippen LogP contribution in [0.5, 0.6) is 0 Å². The smallest absolute Gasteiger partial charge is 0.243 e. The highest BCUT2D eigenvalue weighted by molar-refractivity contribution is 7.89. The van der Waals surface area contributed by atoms with Gasteiger partial charge in [0.1, 0.15) is 5.82 Å². The van der Waals surface area contributed by atoms with Crippen molar-refractivity contribution in [2.75, 3.05) is 24.5 Å². The Kier molecular flexibility index (Phi) is 4.79. The Morgan fingerprint density at radius 1 is 0.933 bits per heavy atom. The molecular weight excluding hydrogens is 402 g/mol. The van der Waals surface area contributed by atoms with E-state index in [9.17, 15) is 13.2 Å². The zero-order valence-electron chi connectivity index (χ0n) is 16.5. The van der Waals surface area contributed by atoms with Crippen LogP contribution in [0.4, 0.5) is 5.69 Å². The van der Waals surface area contributed by atoms with Gasteiger partial charge in [-0.05, 0) is 55.7 Å². The normalized spacial score (nSPS) is 19.1. The molecule has 2 aliphatic rings. The van der Waals surface area contributed by atoms with Gasteiger partial charge in [-0.25, -0.2) is 8.42 Å². The number of carbonyl (C=O) groups is 1. The predicted molar refractivity (Wildman–Crippen MR) is 112 cm³/mol. The largest absolute Gasteiger partial charge is 0.312 e. The standard InChI is InChI=1S/C21H23N5O3S/c27-20-5-3-13-25(20)17-6-8-18(9-7-17)30(28,29)24-14-10-16(11-15-24)21-23-22-19-4-1-2-12-26(19)21/h1-2,4,6-9,12,16H,3,5,10-11,13-15H2. The third kappa shape index (κ3) is 3.27. The van der Waals surface area contributed by atoms with Crippen LogP contribution in [0.2, 0.25) is 0 Å². The van der Waals surface area contributed by atoms with Gasteiger partial charge < -0.3 is 4.90 Å². The highest BCUT2D eigenvalue weighted by atomic mass is 32.2. The van der Waals surface area contributed by atoms with Crippen molar-refractivity contribution in [2.24, 2.45) is 0 Å². The number of piperidine rings is 1. The summed E-state index contributed by atoms with van der Waals surface area (Å²) in [5.41, 5.74) is 1.56. The Morgan fingerprint density at radius 3 is 2.40 bits per heavy atom. The molecule has 0 aliphatic carbocycles. The molecule has 0 spiro atoms. The van der Waals surface area contributed by atoms with Crippen molar-refractivity contribution in [2.45, 2.75) is 36.5 Å². The first-order valence-electron chi connectivity index (χ1n) is 10.2. The van der Waals surface area contributed by atoms with Gasteiger partial charge in [-0.15, -0.1) is 10.2 Å². The van der Waals surface area contributed by atoms with Gasteiger partial charge >= 0.3 is 0 Å². The van der Waals surface area contributed by atoms with Crippen LogP contribution in [0.1, 0.15) is 37.4 Å². The van der Waals surface area contributed by atoms with Gasteiger partial charge in [-0.2, -0.15) is 4.31 Å². The number of hydrogen-bond acceptors (Lipinski definition) is 5. The minimum atomic E-state index is -3.56. The molecule has 2 fully saturated rings. The number of amides is 1. The Hall–Kier alpha value is -2.78. The number of benzene rings is 1. The number of hydrogen-bond donors (Lipinski definition) is 0. The fraction of sp³-hybridized carbons (Fsp3) is 0.381. The van der Waals surface area contributed by atoms with E-state index in [1.807, 2.05) is 28.8 Å². The summed E-state index contributed by atoms with van der Waals surface area (Å²) in [5, 5.41) is 8.54. The van der Waals surface area contributed by atoms with E-state index in [1.54, 1.807) is 33.5 Å². The van der Waals surface area contributed by atoms with E-state index in [0.29, 0.717) is 38.9 Å². The van der Waals surface area contributed by atoms with E-state index >= 15 is 0 Å². The number of aromatic nitrogens is 3. The molecule has 0 N–H and O–H groups in total. The average Bonchev–Trinajstić information content (AvgIpc) is 3.40. The molecule has 2 aliphatic heterocycles. The lowest BCUT2D eigenvalue weighted by molar-refractivity contribution is -0.117. The quantitative estimate of drug-likeness (QED) is 0.641. The molecule has 2 aromatic heterocycles. The summed E-state index contributed by atoms with van der Waals surface area (Å²) in [7, 11) is -3.56. The molecule has 0 radical (unpaired) electrons. The lowest BCUT2D eigenvalue weighted by Crippen LogP contribution is -2.38. The number of anilines is 1. The maximum atomic E-state index is 13.1. The molecule has 3 aromatic rings. The van der Waals surface area contributed by atoms with Crippen LogP contribution in [-0.4, -0.2) is 52.9 Å². The number of nitrogens with zero attached hydrogens (tertiary/aromatic N) is 5. The van der Waals surface area contributed by atoms with Gasteiger partial charge in [-0.3, -0.25) is 9.20 Å². The first-order chi connectivity index (χ1) is 14.5. The topological polar surface area (TPSA) is 87.9 Å². The Labute approximate surface area is 175 Å². The van der Waals surface area contributed by atoms with Crippen LogP contribution in [0.25, 0.3) is 5.65 Å². The second kappa shape index (κ2) is 7.48. The van der Waals surface area contributed by atoms with E-state index in [-0.39, 0.29) is 16.7 Å². The van der Waals surface area contributed by atoms with Gasteiger partial charge in [0.2, 0.25) is 15.9 Å². The number of fused-ring (bicyclic) bond motifs is 1. The van der Waals surface area contributed by atoms with Gasteiger partial charge in [0.05, 0.1) is 4.90 Å². The third-order valence-corrected chi connectivity index (χ3v) is 7.93. The van der Waals surface area contributed by atoms with Gasteiger partial charge in [-0.1, -0.05) is 6.07 Å². The van der Waals surface area contributed by atoms with Crippen molar-refractivity contribution in [1.82, 2.24) is 18.9 Å². The van der Waals surface area contributed by atoms with E-state index in [0.717, 1.165) is 23.6 Å². The molecule has 0 atom stereocenters. The van der Waals surface area contributed by atoms with Crippen molar-refractivity contribution >= 4 is 27.3 Å². The molecule has 4 heterocycles. The molecule has 9 heteroatoms. The van der Waals surface area contributed by atoms with E-state index in [2.05, 4.69) is 10.2 Å². The fourth-order valence-corrected chi connectivity index (χ4v) is 5.83. The zero-order chi connectivity index (χ0) is 20.7. The first kappa shape index (κ1) is 19.2. The van der Waals surface area contributed by atoms with Crippen LogP contribution in [0.15, 0.2) is 53.6 Å². The highest BCUT2D eigenvalue weighted by Gasteiger charge is 2.32. The van der Waals surface area contributed by atoms with Crippen LogP contribution >= 0.6 is 0 Å². The summed E-state index contributed by atoms with van der Waals surface area (Å²) in [5.74, 6) is 1.16. The zero-order valence-corrected chi connectivity index (χ0v) is 17.3. The molecule has 5 rings (SSSR count). The maximum absolute atomic E-state index is 13.1. The van der Waals surface area contributed by atoms with E-state index in [1.165, 1.54) is 0 Å². The Bertz CT molecular complexity index is 1180. The summed E-state index contributed by atoms with van der Waals surface area (Å²) in [6.45, 7) is 1.58. The van der Waals surface area contributed by atoms with Crippen LogP contribution < -0.4 is 4.90 Å². The van der Waals surface area contributed by atoms with Crippen molar-refractivity contribution in [3.8, 4) is 0 Å². The van der Waals surface area contributed by atoms with Crippen LogP contribution in [0.3, 0.4) is 0 Å². The van der Waals surface area contributed by atoms with E-state index in [4.69, 9.17) is 0 Å². The fourth-order valence-electron chi connectivity index (χ4n) is 4.36. The number of pyridine rings is 1. The second-order valence-electron chi connectivity index (χ2n) is 7.81. The lowest BCUT2D eigenvalue weighted by Gasteiger charge is -2.30. The van der Waals surface area contributed by atoms with Crippen LogP contribution in [0, 0.1) is 0 Å². The monoisotopic (exact) mass is 425 g/mol. The lowest BCUT2D eigenvalue weighted by atomic mass is 9.97. The molecule has 30 heavy (non-hydrogen) atoms. The van der Waals surface area contributed by atoms with Crippen molar-refractivity contribution in [1.29, 1.82) is 0 Å². The summed E-state index contributed by atoms with van der Waals surface area (Å²) in [6, 6.07) is 12.4. The Morgan fingerprint density at radius 2 is 1.70 bits per heavy atom. The number of carbonyl (C=O) groups excluding carboxylic acids is 1. The molecule has 8 nitrogen and oxygen atoms in total. The molecule has 1 aromatic carbocycles. The minimum absolute atomic E-state index is 0.0914. The third-order valence-electron chi connectivity index (χ3n) is 6.02. The minimum Gasteiger partial charge on any atom is -0.312 e. The first-order valence-corrected chi connectivity index (χ1v) is 11.7. The molecule has 0 unspecified atom stereocenters. The number of sulfonamides is 1. The number of rotatable bonds is 4. The second-order valence-corrected chi connectivity index (χ2v) is 9.75. The molecule has 2 saturated heterocycles. The molecular formula is C21H23N5O3S. The van der Waals surface area contributed by atoms with Gasteiger partial charge in [0.25, 0.3) is 0 Å². The molecule has 1 amide bonds. The summed E-state index contributed by atoms with van der Waals surface area (Å²) >= 11 is 0. The molecule has 0 bridgehead atoms. The van der Waals surface area contributed by atoms with Crippen molar-refractivity contribution < 1.29 is 13.2 Å². The summed E-state index contributed by atoms with van der Waals surface area (Å²) in [6.07, 6.45) is 4.75. The predicted octanol–water partition coefficient (Wildman–Crippen LogP) is 2.42. The van der Waals surface area contributed by atoms with Crippen molar-refractivity contribution in [3.63, 3.8) is 0 Å². The van der Waals surface area contributed by atoms with Gasteiger partial charge in [0, 0.05) is 43.9 Å². The molecule has 156 valence electrons. The average molecular weight is 426 g/mol. The SMILES string of the molecule is O=C1CCCN1c1ccc(S(=O)(=O)N2CCC(c3nnc4ccccn34)CC2)cc1. The Balaban J connectivity index is 1.30. The maximum Gasteiger partial charge on any atom is 0.243 e. The highest BCUT2D eigenvalue weighted by Crippen LogP contribution is 2.31. The molecule has 0 saturated carbocycles. The van der Waals surface area contributed by atoms with Crippen LogP contribution in [-0.2, 0) is 14.8 Å². The van der Waals surface area contributed by atoms with Gasteiger partial charge in [0.15, 0.2) is 5.65 Å². The summed E-state index contributed by atoms with van der Waals surface area (Å²) < 4.78 is 29.7. The summed E-state index contributed by atoms with van der Waals surface area (Å²) in [4.78, 5) is 13.9. The van der Waals surface area contributed by atoms with Crippen molar-refractivity contribution in [3.05, 3.63) is 54.5 Å².